The molecule has 1 fully saturated rings. The smallest absolute Gasteiger partial charge is 0.245 e. The maximum atomic E-state index is 13.7. The number of amides is 6. The molecule has 42 heavy (non-hydrogen) atoms. The molecule has 0 bridgehead atoms. The highest BCUT2D eigenvalue weighted by molar-refractivity contribution is 5.97. The van der Waals surface area contributed by atoms with E-state index < -0.39 is 60.1 Å². The molecule has 6 amide bonds. The van der Waals surface area contributed by atoms with Gasteiger partial charge in [-0.2, -0.15) is 0 Å². The van der Waals surface area contributed by atoms with Gasteiger partial charge in [0.25, 0.3) is 0 Å². The second kappa shape index (κ2) is 17.5. The summed E-state index contributed by atoms with van der Waals surface area (Å²) < 4.78 is 0. The van der Waals surface area contributed by atoms with Crippen LogP contribution < -0.4 is 38.1 Å². The highest BCUT2D eigenvalue weighted by atomic mass is 16.2. The van der Waals surface area contributed by atoms with E-state index in [4.69, 9.17) is 16.9 Å². The monoisotopic (exact) mass is 595 g/mol. The van der Waals surface area contributed by atoms with E-state index >= 15 is 0 Å². The van der Waals surface area contributed by atoms with Crippen molar-refractivity contribution in [3.63, 3.8) is 0 Å². The maximum absolute atomic E-state index is 13.7. The topological polar surface area (TPSA) is 259 Å². The minimum Gasteiger partial charge on any atom is -0.370 e. The van der Waals surface area contributed by atoms with Gasteiger partial charge < -0.3 is 43.0 Å². The van der Waals surface area contributed by atoms with Crippen molar-refractivity contribution >= 4 is 47.7 Å². The highest BCUT2D eigenvalue weighted by Gasteiger charge is 2.38. The molecule has 16 heteroatoms. The number of hydrogen-bond acceptors (Lipinski definition) is 8. The Balaban J connectivity index is 3.14. The van der Waals surface area contributed by atoms with Crippen molar-refractivity contribution in [2.75, 3.05) is 19.6 Å². The number of likely N-dealkylation sites (tertiary alicyclic amines) is 1. The zero-order chi connectivity index (χ0) is 32.0. The molecule has 0 aromatic rings. The Morgan fingerprint density at radius 2 is 1.62 bits per heavy atom. The lowest BCUT2D eigenvalue weighted by Crippen LogP contribution is -2.59. The summed E-state index contributed by atoms with van der Waals surface area (Å²) in [6.45, 7) is 7.06. The van der Waals surface area contributed by atoms with Crippen molar-refractivity contribution in [3.05, 3.63) is 0 Å². The third-order valence-corrected chi connectivity index (χ3v) is 6.75. The lowest BCUT2D eigenvalue weighted by atomic mass is 10.0. The Kier molecular flexibility index (Phi) is 15.0. The van der Waals surface area contributed by atoms with Crippen molar-refractivity contribution in [1.29, 1.82) is 5.41 Å². The third kappa shape index (κ3) is 11.7. The first-order valence-corrected chi connectivity index (χ1v) is 14.0. The van der Waals surface area contributed by atoms with Gasteiger partial charge in [0.2, 0.25) is 35.9 Å². The first-order valence-electron chi connectivity index (χ1n) is 14.0. The number of carbonyl (C=O) groups excluding carboxylic acids is 7. The van der Waals surface area contributed by atoms with Gasteiger partial charge >= 0.3 is 0 Å². The standard InChI is InChI=1S/C26H45N9O7/c1-14(2)19(37)12-31-23(40)18-8-6-10-35(18)25(42)16(7-5-9-30-26(28)29)33-22(39)17(11-20(27)38)34-24(41)21(15(3)4)32-13-36/h13-18,21H,5-12H2,1-4H3,(H2,27,38)(H,31,40)(H,32,36)(H,33,39)(H,34,41)(H4,28,29,30)/t16-,17-,18-,21-/m0/s1. The average molecular weight is 596 g/mol. The van der Waals surface area contributed by atoms with Gasteiger partial charge in [-0.05, 0) is 31.6 Å². The number of hydrogen-bond donors (Lipinski definition) is 8. The van der Waals surface area contributed by atoms with Gasteiger partial charge in [0.05, 0.1) is 13.0 Å². The maximum Gasteiger partial charge on any atom is 0.245 e. The molecule has 0 radical (unpaired) electrons. The minimum atomic E-state index is -1.45. The normalized spacial score (nSPS) is 16.6. The molecule has 10 N–H and O–H groups in total. The van der Waals surface area contributed by atoms with Crippen LogP contribution in [0.1, 0.15) is 59.8 Å². The summed E-state index contributed by atoms with van der Waals surface area (Å²) in [4.78, 5) is 88.6. The molecular weight excluding hydrogens is 550 g/mol. The van der Waals surface area contributed by atoms with Crippen molar-refractivity contribution in [2.24, 2.45) is 23.3 Å². The van der Waals surface area contributed by atoms with Crippen molar-refractivity contribution in [2.45, 2.75) is 84.0 Å². The molecule has 4 atom stereocenters. The summed E-state index contributed by atoms with van der Waals surface area (Å²) in [7, 11) is 0. The summed E-state index contributed by atoms with van der Waals surface area (Å²) in [6, 6.07) is -4.46. The Bertz CT molecular complexity index is 1020. The summed E-state index contributed by atoms with van der Waals surface area (Å²) in [5.41, 5.74) is 10.6. The van der Waals surface area contributed by atoms with Crippen LogP contribution in [-0.4, -0.2) is 96.4 Å². The Morgan fingerprint density at radius 3 is 2.17 bits per heavy atom. The second-order valence-corrected chi connectivity index (χ2v) is 10.8. The molecule has 1 saturated heterocycles. The van der Waals surface area contributed by atoms with E-state index in [-0.39, 0.29) is 56.1 Å². The van der Waals surface area contributed by atoms with E-state index in [1.165, 1.54) is 4.90 Å². The largest absolute Gasteiger partial charge is 0.370 e. The van der Waals surface area contributed by atoms with E-state index in [9.17, 15) is 33.6 Å². The number of primary amides is 1. The fraction of sp³-hybridized carbons (Fsp3) is 0.692. The number of nitrogens with two attached hydrogens (primary N) is 2. The van der Waals surface area contributed by atoms with Gasteiger partial charge in [-0.1, -0.05) is 27.7 Å². The number of nitrogens with zero attached hydrogens (tertiary/aromatic N) is 1. The lowest BCUT2D eigenvalue weighted by molar-refractivity contribution is -0.142. The predicted molar refractivity (Wildman–Crippen MR) is 152 cm³/mol. The van der Waals surface area contributed by atoms with Gasteiger partial charge in [0.15, 0.2) is 11.7 Å². The van der Waals surface area contributed by atoms with Crippen LogP contribution in [-0.2, 0) is 33.6 Å². The molecule has 1 heterocycles. The number of carbonyl (C=O) groups is 7. The van der Waals surface area contributed by atoms with Crippen LogP contribution in [0.2, 0.25) is 0 Å². The highest BCUT2D eigenvalue weighted by Crippen LogP contribution is 2.20. The molecule has 0 aliphatic carbocycles. The first-order chi connectivity index (χ1) is 19.7. The zero-order valence-corrected chi connectivity index (χ0v) is 24.7. The second-order valence-electron chi connectivity index (χ2n) is 10.8. The summed E-state index contributed by atoms with van der Waals surface area (Å²) in [5.74, 6) is -4.57. The van der Waals surface area contributed by atoms with Crippen LogP contribution in [0, 0.1) is 17.2 Å². The molecule has 0 spiro atoms. The number of nitrogens with one attached hydrogen (secondary N) is 6. The van der Waals surface area contributed by atoms with E-state index in [1.807, 2.05) is 0 Å². The Hall–Kier alpha value is -4.24. The molecule has 0 aromatic heterocycles. The summed E-state index contributed by atoms with van der Waals surface area (Å²) in [5, 5.41) is 19.9. The predicted octanol–water partition coefficient (Wildman–Crippen LogP) is -2.80. The average Bonchev–Trinajstić information content (AvgIpc) is 3.40. The molecular formula is C26H45N9O7. The molecule has 1 aliphatic heterocycles. The lowest BCUT2D eigenvalue weighted by Gasteiger charge is -2.30. The van der Waals surface area contributed by atoms with E-state index in [2.05, 4.69) is 26.6 Å². The van der Waals surface area contributed by atoms with Gasteiger partial charge in [-0.3, -0.25) is 39.0 Å². The molecule has 0 saturated carbocycles. The number of rotatable bonds is 18. The van der Waals surface area contributed by atoms with Crippen LogP contribution in [0.15, 0.2) is 0 Å². The van der Waals surface area contributed by atoms with Crippen LogP contribution >= 0.6 is 0 Å². The quantitative estimate of drug-likeness (QED) is 0.0352. The Labute approximate surface area is 245 Å². The number of guanidine groups is 1. The first kappa shape index (κ1) is 35.8. The van der Waals surface area contributed by atoms with Crippen molar-refractivity contribution < 1.29 is 33.6 Å². The van der Waals surface area contributed by atoms with Gasteiger partial charge in [0.1, 0.15) is 24.2 Å². The van der Waals surface area contributed by atoms with Crippen LogP contribution in [0.5, 0.6) is 0 Å². The van der Waals surface area contributed by atoms with Crippen molar-refractivity contribution in [3.8, 4) is 0 Å². The Morgan fingerprint density at radius 1 is 0.976 bits per heavy atom. The third-order valence-electron chi connectivity index (χ3n) is 6.75. The number of ketones is 1. The van der Waals surface area contributed by atoms with Crippen LogP contribution in [0.4, 0.5) is 0 Å². The van der Waals surface area contributed by atoms with Gasteiger partial charge in [-0.25, -0.2) is 0 Å². The summed E-state index contributed by atoms with van der Waals surface area (Å²) >= 11 is 0. The van der Waals surface area contributed by atoms with E-state index in [0.29, 0.717) is 19.3 Å². The minimum absolute atomic E-state index is 0.0695. The molecule has 1 rings (SSSR count). The molecule has 0 aromatic carbocycles. The summed E-state index contributed by atoms with van der Waals surface area (Å²) in [6.07, 6.45) is 1.01. The van der Waals surface area contributed by atoms with Gasteiger partial charge in [0, 0.05) is 19.0 Å². The fourth-order valence-electron chi connectivity index (χ4n) is 4.37. The number of Topliss-reactive ketones (excluding diaryl/α,β-unsaturated/α-hetero) is 1. The molecule has 16 nitrogen and oxygen atoms in total. The van der Waals surface area contributed by atoms with Crippen molar-refractivity contribution in [1.82, 2.24) is 31.5 Å². The molecule has 1 aliphatic rings. The van der Waals surface area contributed by atoms with Gasteiger partial charge in [-0.15, -0.1) is 0 Å². The SMILES string of the molecule is CC(C)C(=O)CNC(=O)[C@@H]1CCCN1C(=O)[C@H](CCCNC(=N)N)NC(=O)[C@H](CC(N)=O)NC(=O)[C@@H](NC=O)C(C)C. The molecule has 236 valence electrons. The van der Waals surface area contributed by atoms with Crippen LogP contribution in [0.25, 0.3) is 0 Å². The molecule has 0 unspecified atom stereocenters. The van der Waals surface area contributed by atoms with Crippen LogP contribution in [0.3, 0.4) is 0 Å². The zero-order valence-electron chi connectivity index (χ0n) is 24.7. The van der Waals surface area contributed by atoms with E-state index in [0.717, 1.165) is 0 Å². The fourth-order valence-corrected chi connectivity index (χ4v) is 4.37. The van der Waals surface area contributed by atoms with E-state index in [1.54, 1.807) is 27.7 Å².